The molecule has 3 N–H and O–H groups in total. The number of hydrogen-bond acceptors (Lipinski definition) is 3. The first-order chi connectivity index (χ1) is 8.64. The van der Waals surface area contributed by atoms with Gasteiger partial charge in [-0.05, 0) is 38.8 Å². The molecule has 0 saturated carbocycles. The number of carbonyl (C=O) groups is 1. The van der Waals surface area contributed by atoms with Crippen molar-refractivity contribution in [2.75, 3.05) is 19.6 Å². The predicted molar refractivity (Wildman–Crippen MR) is 73.4 cm³/mol. The second-order valence-corrected chi connectivity index (χ2v) is 5.43. The van der Waals surface area contributed by atoms with E-state index in [2.05, 4.69) is 17.6 Å². The minimum Gasteiger partial charge on any atom is -0.391 e. The van der Waals surface area contributed by atoms with Gasteiger partial charge in [-0.1, -0.05) is 26.7 Å². The van der Waals surface area contributed by atoms with Crippen LogP contribution in [0.15, 0.2) is 0 Å². The van der Waals surface area contributed by atoms with Crippen LogP contribution in [0.25, 0.3) is 0 Å². The zero-order valence-corrected chi connectivity index (χ0v) is 11.8. The zero-order valence-electron chi connectivity index (χ0n) is 11.8. The quantitative estimate of drug-likeness (QED) is 0.646. The van der Waals surface area contributed by atoms with Gasteiger partial charge in [0.15, 0.2) is 0 Å². The maximum absolute atomic E-state index is 12.4. The second kappa shape index (κ2) is 7.74. The van der Waals surface area contributed by atoms with Crippen molar-refractivity contribution in [1.82, 2.24) is 10.6 Å². The Hall–Kier alpha value is -0.610. The second-order valence-electron chi connectivity index (χ2n) is 5.43. The number of rotatable bonds is 7. The molecule has 1 atom stereocenters. The van der Waals surface area contributed by atoms with Crippen molar-refractivity contribution in [1.29, 1.82) is 0 Å². The number of aliphatic hydroxyl groups is 1. The average molecular weight is 256 g/mol. The van der Waals surface area contributed by atoms with E-state index >= 15 is 0 Å². The highest BCUT2D eigenvalue weighted by atomic mass is 16.3. The van der Waals surface area contributed by atoms with Crippen molar-refractivity contribution in [3.05, 3.63) is 0 Å². The summed E-state index contributed by atoms with van der Waals surface area (Å²) in [6.07, 6.45) is 5.10. The van der Waals surface area contributed by atoms with Crippen molar-refractivity contribution in [3.8, 4) is 0 Å². The smallest absolute Gasteiger partial charge is 0.226 e. The van der Waals surface area contributed by atoms with Crippen molar-refractivity contribution in [2.24, 2.45) is 5.41 Å². The highest BCUT2D eigenvalue weighted by Crippen LogP contribution is 2.34. The van der Waals surface area contributed by atoms with Crippen LogP contribution in [0.3, 0.4) is 0 Å². The van der Waals surface area contributed by atoms with Gasteiger partial charge in [0.05, 0.1) is 11.5 Å². The summed E-state index contributed by atoms with van der Waals surface area (Å²) in [5.41, 5.74) is -0.202. The Labute approximate surface area is 111 Å². The minimum atomic E-state index is -0.403. The van der Waals surface area contributed by atoms with Crippen LogP contribution in [0.1, 0.15) is 52.4 Å². The molecule has 0 aliphatic carbocycles. The Morgan fingerprint density at radius 1 is 1.33 bits per heavy atom. The van der Waals surface area contributed by atoms with Gasteiger partial charge in [-0.2, -0.15) is 0 Å². The highest BCUT2D eigenvalue weighted by molar-refractivity contribution is 5.82. The Bertz CT molecular complexity index is 245. The monoisotopic (exact) mass is 256 g/mol. The largest absolute Gasteiger partial charge is 0.391 e. The molecule has 106 valence electrons. The van der Waals surface area contributed by atoms with Crippen molar-refractivity contribution in [3.63, 3.8) is 0 Å². The SMILES string of the molecule is CCCC(O)CNC(=O)C1(CCC)CCNCC1. The van der Waals surface area contributed by atoms with Gasteiger partial charge in [-0.25, -0.2) is 0 Å². The van der Waals surface area contributed by atoms with E-state index in [1.165, 1.54) is 0 Å². The lowest BCUT2D eigenvalue weighted by molar-refractivity contribution is -0.133. The molecule has 1 aliphatic heterocycles. The third kappa shape index (κ3) is 4.25. The molecular weight excluding hydrogens is 228 g/mol. The molecule has 0 spiro atoms. The van der Waals surface area contributed by atoms with E-state index in [0.717, 1.165) is 51.6 Å². The van der Waals surface area contributed by atoms with Crippen molar-refractivity contribution < 1.29 is 9.90 Å². The van der Waals surface area contributed by atoms with Gasteiger partial charge in [0.1, 0.15) is 0 Å². The lowest BCUT2D eigenvalue weighted by atomic mass is 9.74. The van der Waals surface area contributed by atoms with E-state index in [1.807, 2.05) is 6.92 Å². The number of amides is 1. The van der Waals surface area contributed by atoms with Gasteiger partial charge in [0.2, 0.25) is 5.91 Å². The summed E-state index contributed by atoms with van der Waals surface area (Å²) in [6.45, 7) is 6.40. The van der Waals surface area contributed by atoms with Crippen LogP contribution in [0.4, 0.5) is 0 Å². The molecule has 1 aliphatic rings. The van der Waals surface area contributed by atoms with E-state index in [0.29, 0.717) is 6.54 Å². The first-order valence-corrected chi connectivity index (χ1v) is 7.31. The van der Waals surface area contributed by atoms with Gasteiger partial charge in [-0.15, -0.1) is 0 Å². The lowest BCUT2D eigenvalue weighted by Crippen LogP contribution is -2.49. The molecule has 4 nitrogen and oxygen atoms in total. The molecule has 0 radical (unpaired) electrons. The molecule has 1 unspecified atom stereocenters. The third-order valence-electron chi connectivity index (χ3n) is 3.89. The van der Waals surface area contributed by atoms with E-state index in [4.69, 9.17) is 0 Å². The molecule has 0 aromatic rings. The van der Waals surface area contributed by atoms with E-state index in [9.17, 15) is 9.90 Å². The summed E-state index contributed by atoms with van der Waals surface area (Å²) in [7, 11) is 0. The topological polar surface area (TPSA) is 61.4 Å². The fourth-order valence-electron chi connectivity index (χ4n) is 2.81. The summed E-state index contributed by atoms with van der Waals surface area (Å²) in [5, 5.41) is 15.9. The molecule has 0 aromatic heterocycles. The number of hydrogen-bond donors (Lipinski definition) is 3. The summed E-state index contributed by atoms with van der Waals surface area (Å²) in [4.78, 5) is 12.4. The van der Waals surface area contributed by atoms with E-state index in [-0.39, 0.29) is 11.3 Å². The Morgan fingerprint density at radius 2 is 2.00 bits per heavy atom. The van der Waals surface area contributed by atoms with Crippen LogP contribution in [0.5, 0.6) is 0 Å². The van der Waals surface area contributed by atoms with Crippen molar-refractivity contribution >= 4 is 5.91 Å². The Morgan fingerprint density at radius 3 is 2.56 bits per heavy atom. The molecule has 18 heavy (non-hydrogen) atoms. The van der Waals surface area contributed by atoms with Crippen LogP contribution in [-0.2, 0) is 4.79 Å². The summed E-state index contributed by atoms with van der Waals surface area (Å²) < 4.78 is 0. The normalized spacial score (nSPS) is 20.4. The van der Waals surface area contributed by atoms with Crippen LogP contribution in [0.2, 0.25) is 0 Å². The highest BCUT2D eigenvalue weighted by Gasteiger charge is 2.38. The number of nitrogens with one attached hydrogen (secondary N) is 2. The zero-order chi connectivity index (χ0) is 13.4. The Balaban J connectivity index is 2.49. The maximum atomic E-state index is 12.4. The summed E-state index contributed by atoms with van der Waals surface area (Å²) >= 11 is 0. The van der Waals surface area contributed by atoms with Gasteiger partial charge in [-0.3, -0.25) is 4.79 Å². The Kier molecular flexibility index (Phi) is 6.65. The van der Waals surface area contributed by atoms with Crippen molar-refractivity contribution in [2.45, 2.75) is 58.5 Å². The predicted octanol–water partition coefficient (Wildman–Crippen LogP) is 1.43. The molecular formula is C14H28N2O2. The van der Waals surface area contributed by atoms with Gasteiger partial charge in [0, 0.05) is 6.54 Å². The van der Waals surface area contributed by atoms with E-state index < -0.39 is 6.10 Å². The molecule has 0 aromatic carbocycles. The van der Waals surface area contributed by atoms with Gasteiger partial charge < -0.3 is 15.7 Å². The van der Waals surface area contributed by atoms with Crippen LogP contribution in [0, 0.1) is 5.41 Å². The molecule has 1 rings (SSSR count). The van der Waals surface area contributed by atoms with Gasteiger partial charge in [0.25, 0.3) is 0 Å². The number of piperidine rings is 1. The molecule has 4 heteroatoms. The maximum Gasteiger partial charge on any atom is 0.226 e. The van der Waals surface area contributed by atoms with Crippen LogP contribution < -0.4 is 10.6 Å². The third-order valence-corrected chi connectivity index (χ3v) is 3.89. The molecule has 1 fully saturated rings. The van der Waals surface area contributed by atoms with Crippen LogP contribution >= 0.6 is 0 Å². The summed E-state index contributed by atoms with van der Waals surface area (Å²) in [6, 6.07) is 0. The molecule has 1 heterocycles. The number of carbonyl (C=O) groups excluding carboxylic acids is 1. The minimum absolute atomic E-state index is 0.140. The lowest BCUT2D eigenvalue weighted by Gasteiger charge is -2.36. The number of aliphatic hydroxyl groups excluding tert-OH is 1. The first-order valence-electron chi connectivity index (χ1n) is 7.31. The first kappa shape index (κ1) is 15.4. The molecule has 1 saturated heterocycles. The fraction of sp³-hybridized carbons (Fsp3) is 0.929. The summed E-state index contributed by atoms with van der Waals surface area (Å²) in [5.74, 6) is 0.140. The van der Waals surface area contributed by atoms with E-state index in [1.54, 1.807) is 0 Å². The standard InChI is InChI=1S/C14H28N2O2/c1-3-5-12(17)11-16-13(18)14(6-4-2)7-9-15-10-8-14/h12,15,17H,3-11H2,1-2H3,(H,16,18). The average Bonchev–Trinajstić information content (AvgIpc) is 2.38. The fourth-order valence-corrected chi connectivity index (χ4v) is 2.81. The van der Waals surface area contributed by atoms with Crippen LogP contribution in [-0.4, -0.2) is 36.8 Å². The van der Waals surface area contributed by atoms with Gasteiger partial charge >= 0.3 is 0 Å². The molecule has 1 amide bonds. The molecule has 0 bridgehead atoms.